The molecular weight excluding hydrogens is 414 g/mol. The number of nitrogens with zero attached hydrogens (tertiary/aromatic N) is 4. The fourth-order valence-corrected chi connectivity index (χ4v) is 4.91. The second kappa shape index (κ2) is 8.72. The molecule has 1 fully saturated rings. The van der Waals surface area contributed by atoms with Crippen LogP contribution in [0.1, 0.15) is 45.4 Å². The summed E-state index contributed by atoms with van der Waals surface area (Å²) in [5, 5.41) is 0. The van der Waals surface area contributed by atoms with E-state index in [1.807, 2.05) is 13.8 Å². The Morgan fingerprint density at radius 1 is 1.27 bits per heavy atom. The highest BCUT2D eigenvalue weighted by Gasteiger charge is 2.37. The van der Waals surface area contributed by atoms with Gasteiger partial charge in [0.25, 0.3) is 5.56 Å². The fourth-order valence-electron chi connectivity index (χ4n) is 3.80. The second-order valence-electron chi connectivity index (χ2n) is 7.35. The number of aromatic nitrogens is 4. The lowest BCUT2D eigenvalue weighted by atomic mass is 10.2. The molecule has 1 aliphatic heterocycles. The SMILES string of the molecule is CCCCn1c(=O)[nH]c(=O)c2c1nc(COC(=O)[C@@H]1CCCN1S(C)(=O)=O)n2CC. The summed E-state index contributed by atoms with van der Waals surface area (Å²) >= 11 is 0. The molecule has 0 unspecified atom stereocenters. The van der Waals surface area contributed by atoms with E-state index in [4.69, 9.17) is 4.74 Å². The normalized spacial score (nSPS) is 17.6. The number of esters is 1. The van der Waals surface area contributed by atoms with Crippen LogP contribution in [0.15, 0.2) is 9.59 Å². The highest BCUT2D eigenvalue weighted by molar-refractivity contribution is 7.88. The van der Waals surface area contributed by atoms with Crippen LogP contribution in [0.4, 0.5) is 0 Å². The zero-order valence-electron chi connectivity index (χ0n) is 17.4. The molecule has 0 bridgehead atoms. The Balaban J connectivity index is 1.91. The molecule has 166 valence electrons. The van der Waals surface area contributed by atoms with Crippen molar-refractivity contribution >= 4 is 27.2 Å². The monoisotopic (exact) mass is 441 g/mol. The summed E-state index contributed by atoms with van der Waals surface area (Å²) in [4.78, 5) is 43.9. The smallest absolute Gasteiger partial charge is 0.330 e. The lowest BCUT2D eigenvalue weighted by Crippen LogP contribution is -2.40. The number of carbonyl (C=O) groups excluding carboxylic acids is 1. The van der Waals surface area contributed by atoms with Crippen LogP contribution in [0.25, 0.3) is 11.2 Å². The molecule has 11 nitrogen and oxygen atoms in total. The molecule has 0 saturated carbocycles. The van der Waals surface area contributed by atoms with Crippen molar-refractivity contribution in [3.8, 4) is 0 Å². The molecule has 0 aliphatic carbocycles. The lowest BCUT2D eigenvalue weighted by molar-refractivity contribution is -0.149. The molecule has 3 rings (SSSR count). The van der Waals surface area contributed by atoms with E-state index in [2.05, 4.69) is 9.97 Å². The largest absolute Gasteiger partial charge is 0.456 e. The van der Waals surface area contributed by atoms with Crippen molar-refractivity contribution in [2.75, 3.05) is 12.8 Å². The topological polar surface area (TPSA) is 136 Å². The number of sulfonamides is 1. The third-order valence-electron chi connectivity index (χ3n) is 5.26. The van der Waals surface area contributed by atoms with Crippen LogP contribution in [0.2, 0.25) is 0 Å². The number of H-pyrrole nitrogens is 1. The Kier molecular flexibility index (Phi) is 6.46. The molecule has 3 heterocycles. The standard InChI is InChI=1S/C18H27N5O6S/c1-4-6-9-22-15-14(16(24)20-18(22)26)21(5-2)13(19-15)11-29-17(25)12-8-7-10-23(12)30(3,27)28/h12H,4-11H2,1-3H3,(H,20,24,26)/t12-/m0/s1. The van der Waals surface area contributed by atoms with Crippen LogP contribution < -0.4 is 11.2 Å². The van der Waals surface area contributed by atoms with Crippen LogP contribution in [0, 0.1) is 0 Å². The van der Waals surface area contributed by atoms with Gasteiger partial charge in [-0.05, 0) is 26.2 Å². The Labute approximate surface area is 173 Å². The number of aryl methyl sites for hydroxylation is 2. The van der Waals surface area contributed by atoms with E-state index >= 15 is 0 Å². The van der Waals surface area contributed by atoms with Gasteiger partial charge in [0.1, 0.15) is 18.5 Å². The van der Waals surface area contributed by atoms with Gasteiger partial charge in [0.2, 0.25) is 10.0 Å². The Hall–Kier alpha value is -2.47. The van der Waals surface area contributed by atoms with E-state index in [1.54, 1.807) is 4.57 Å². The van der Waals surface area contributed by atoms with Gasteiger partial charge >= 0.3 is 11.7 Å². The quantitative estimate of drug-likeness (QED) is 0.577. The summed E-state index contributed by atoms with van der Waals surface area (Å²) in [6.07, 6.45) is 3.65. The maximum atomic E-state index is 12.5. The molecule has 1 aliphatic rings. The van der Waals surface area contributed by atoms with E-state index in [1.165, 1.54) is 4.57 Å². The van der Waals surface area contributed by atoms with Crippen LogP contribution >= 0.6 is 0 Å². The van der Waals surface area contributed by atoms with E-state index < -0.39 is 33.3 Å². The highest BCUT2D eigenvalue weighted by Crippen LogP contribution is 2.22. The molecule has 30 heavy (non-hydrogen) atoms. The Morgan fingerprint density at radius 2 is 2.00 bits per heavy atom. The maximum Gasteiger partial charge on any atom is 0.330 e. The summed E-state index contributed by atoms with van der Waals surface area (Å²) in [7, 11) is -3.51. The van der Waals surface area contributed by atoms with Gasteiger partial charge in [-0.2, -0.15) is 4.31 Å². The minimum atomic E-state index is -3.51. The molecule has 0 aromatic carbocycles. The van der Waals surface area contributed by atoms with Crippen molar-refractivity contribution in [2.24, 2.45) is 0 Å². The third-order valence-corrected chi connectivity index (χ3v) is 6.55. The fraction of sp³-hybridized carbons (Fsp3) is 0.667. The first kappa shape index (κ1) is 22.2. The summed E-state index contributed by atoms with van der Waals surface area (Å²) in [6, 6.07) is -0.856. The van der Waals surface area contributed by atoms with Crippen molar-refractivity contribution in [1.29, 1.82) is 0 Å². The Morgan fingerprint density at radius 3 is 2.63 bits per heavy atom. The number of carbonyl (C=O) groups is 1. The molecule has 1 N–H and O–H groups in total. The van der Waals surface area contributed by atoms with Gasteiger partial charge in [-0.1, -0.05) is 13.3 Å². The van der Waals surface area contributed by atoms with Crippen LogP contribution in [-0.2, 0) is 39.3 Å². The van der Waals surface area contributed by atoms with Gasteiger partial charge in [-0.3, -0.25) is 19.1 Å². The van der Waals surface area contributed by atoms with Crippen LogP contribution in [0.3, 0.4) is 0 Å². The van der Waals surface area contributed by atoms with Gasteiger partial charge in [-0.25, -0.2) is 18.2 Å². The summed E-state index contributed by atoms with van der Waals surface area (Å²) in [5.74, 6) is -0.323. The van der Waals surface area contributed by atoms with Crippen LogP contribution in [-0.4, -0.2) is 56.6 Å². The molecule has 1 saturated heterocycles. The number of imidazole rings is 1. The predicted molar refractivity (Wildman–Crippen MR) is 110 cm³/mol. The van der Waals surface area contributed by atoms with E-state index in [9.17, 15) is 22.8 Å². The molecule has 0 radical (unpaired) electrons. The van der Waals surface area contributed by atoms with Gasteiger partial charge in [0, 0.05) is 19.6 Å². The Bertz CT molecular complexity index is 1160. The third kappa shape index (κ3) is 4.19. The average molecular weight is 442 g/mol. The summed E-state index contributed by atoms with van der Waals surface area (Å²) in [5.41, 5.74) is -0.574. The predicted octanol–water partition coefficient (Wildman–Crippen LogP) is 0.174. The first-order chi connectivity index (χ1) is 14.2. The number of fused-ring (bicyclic) bond motifs is 1. The molecular formula is C18H27N5O6S. The number of hydrogen-bond acceptors (Lipinski definition) is 7. The summed E-state index contributed by atoms with van der Waals surface area (Å²) < 4.78 is 33.3. The number of aromatic amines is 1. The van der Waals surface area contributed by atoms with Crippen molar-refractivity contribution in [3.05, 3.63) is 26.7 Å². The van der Waals surface area contributed by atoms with Crippen molar-refractivity contribution in [1.82, 2.24) is 23.4 Å². The van der Waals surface area contributed by atoms with Crippen molar-refractivity contribution < 1.29 is 17.9 Å². The molecule has 2 aromatic rings. The lowest BCUT2D eigenvalue weighted by Gasteiger charge is -2.20. The van der Waals surface area contributed by atoms with Crippen LogP contribution in [0.5, 0.6) is 0 Å². The summed E-state index contributed by atoms with van der Waals surface area (Å²) in [6.45, 7) is 4.66. The molecule has 2 aromatic heterocycles. The van der Waals surface area contributed by atoms with Gasteiger partial charge in [-0.15, -0.1) is 0 Å². The van der Waals surface area contributed by atoms with E-state index in [0.717, 1.165) is 23.4 Å². The van der Waals surface area contributed by atoms with Gasteiger partial charge < -0.3 is 9.30 Å². The molecule has 12 heteroatoms. The number of nitrogens with one attached hydrogen (secondary N) is 1. The van der Waals surface area contributed by atoms with Gasteiger partial charge in [0.05, 0.1) is 6.26 Å². The number of ether oxygens (including phenoxy) is 1. The minimum Gasteiger partial charge on any atom is -0.456 e. The first-order valence-electron chi connectivity index (χ1n) is 10.0. The zero-order valence-corrected chi connectivity index (χ0v) is 18.2. The molecule has 0 spiro atoms. The molecule has 0 amide bonds. The first-order valence-corrected chi connectivity index (χ1v) is 11.9. The molecule has 1 atom stereocenters. The zero-order chi connectivity index (χ0) is 22.1. The number of unbranched alkanes of at least 4 members (excludes halogenated alkanes) is 1. The minimum absolute atomic E-state index is 0.225. The van der Waals surface area contributed by atoms with Crippen molar-refractivity contribution in [3.63, 3.8) is 0 Å². The number of rotatable bonds is 8. The number of hydrogen-bond donors (Lipinski definition) is 1. The van der Waals surface area contributed by atoms with E-state index in [0.29, 0.717) is 31.8 Å². The average Bonchev–Trinajstić information content (AvgIpc) is 3.30. The van der Waals surface area contributed by atoms with E-state index in [-0.39, 0.29) is 24.3 Å². The maximum absolute atomic E-state index is 12.5. The second-order valence-corrected chi connectivity index (χ2v) is 9.28. The van der Waals surface area contributed by atoms with Crippen molar-refractivity contribution in [2.45, 2.75) is 65.3 Å². The highest BCUT2D eigenvalue weighted by atomic mass is 32.2. The van der Waals surface area contributed by atoms with Gasteiger partial charge in [0.15, 0.2) is 11.2 Å².